The standard InChI is InChI=1S/C13H25NS/c1-10(2)13(14(4)11(3)15)12-8-6-5-7-9-12/h5-6,10-13,15H,7-9H2,1-4H3. The van der Waals surface area contributed by atoms with Gasteiger partial charge in [-0.25, -0.2) is 0 Å². The minimum Gasteiger partial charge on any atom is -0.291 e. The van der Waals surface area contributed by atoms with Crippen molar-refractivity contribution in [3.8, 4) is 0 Å². The molecule has 0 saturated heterocycles. The lowest BCUT2D eigenvalue weighted by atomic mass is 9.81. The van der Waals surface area contributed by atoms with Crippen molar-refractivity contribution in [2.24, 2.45) is 11.8 Å². The van der Waals surface area contributed by atoms with Crippen molar-refractivity contribution in [3.63, 3.8) is 0 Å². The van der Waals surface area contributed by atoms with Crippen LogP contribution in [-0.4, -0.2) is 23.4 Å². The predicted octanol–water partition coefficient (Wildman–Crippen LogP) is 3.57. The molecule has 0 aromatic carbocycles. The van der Waals surface area contributed by atoms with E-state index in [1.807, 2.05) is 0 Å². The van der Waals surface area contributed by atoms with Crippen molar-refractivity contribution >= 4 is 12.6 Å². The van der Waals surface area contributed by atoms with Crippen LogP contribution >= 0.6 is 12.6 Å². The Labute approximate surface area is 100 Å². The van der Waals surface area contributed by atoms with Crippen LogP contribution in [0.3, 0.4) is 0 Å². The topological polar surface area (TPSA) is 3.24 Å². The maximum atomic E-state index is 4.55. The fraction of sp³-hybridized carbons (Fsp3) is 0.846. The maximum Gasteiger partial charge on any atom is 0.0499 e. The van der Waals surface area contributed by atoms with Gasteiger partial charge in [-0.1, -0.05) is 26.0 Å². The Hall–Kier alpha value is 0.0500. The van der Waals surface area contributed by atoms with Crippen molar-refractivity contribution < 1.29 is 0 Å². The molecule has 1 nitrogen and oxygen atoms in total. The third-order valence-corrected chi connectivity index (χ3v) is 3.90. The molecule has 0 fully saturated rings. The molecule has 3 atom stereocenters. The largest absolute Gasteiger partial charge is 0.291 e. The van der Waals surface area contributed by atoms with Gasteiger partial charge >= 0.3 is 0 Å². The van der Waals surface area contributed by atoms with Gasteiger partial charge < -0.3 is 0 Å². The number of hydrogen-bond donors (Lipinski definition) is 1. The van der Waals surface area contributed by atoms with Crippen LogP contribution in [0.4, 0.5) is 0 Å². The minimum absolute atomic E-state index is 0.350. The van der Waals surface area contributed by atoms with Crippen LogP contribution < -0.4 is 0 Å². The van der Waals surface area contributed by atoms with Gasteiger partial charge in [0, 0.05) is 11.4 Å². The molecular formula is C13H25NS. The van der Waals surface area contributed by atoms with Crippen molar-refractivity contribution in [3.05, 3.63) is 12.2 Å². The summed E-state index contributed by atoms with van der Waals surface area (Å²) in [4.78, 5) is 2.43. The summed E-state index contributed by atoms with van der Waals surface area (Å²) >= 11 is 4.55. The Kier molecular flexibility index (Phi) is 5.20. The molecule has 0 aliphatic heterocycles. The molecule has 0 aromatic heterocycles. The summed E-state index contributed by atoms with van der Waals surface area (Å²) in [6, 6.07) is 0.669. The second-order valence-electron chi connectivity index (χ2n) is 5.08. The van der Waals surface area contributed by atoms with Gasteiger partial charge in [-0.15, -0.1) is 0 Å². The van der Waals surface area contributed by atoms with E-state index in [0.717, 1.165) is 5.92 Å². The normalized spacial score (nSPS) is 25.9. The van der Waals surface area contributed by atoms with Gasteiger partial charge in [0.15, 0.2) is 0 Å². The molecule has 0 spiro atoms. The lowest BCUT2D eigenvalue weighted by Crippen LogP contribution is -2.44. The summed E-state index contributed by atoms with van der Waals surface area (Å²) in [6.07, 6.45) is 8.50. The van der Waals surface area contributed by atoms with Crippen LogP contribution in [0.15, 0.2) is 12.2 Å². The SMILES string of the molecule is CC(C)C(C1CC=CCC1)N(C)C(C)S. The third-order valence-electron chi connectivity index (χ3n) is 3.54. The number of thiol groups is 1. The number of rotatable bonds is 4. The molecule has 0 heterocycles. The molecule has 1 aliphatic carbocycles. The van der Waals surface area contributed by atoms with Crippen molar-refractivity contribution in [1.82, 2.24) is 4.90 Å². The smallest absolute Gasteiger partial charge is 0.0499 e. The summed E-state index contributed by atoms with van der Waals surface area (Å²) in [6.45, 7) is 6.82. The van der Waals surface area contributed by atoms with E-state index in [4.69, 9.17) is 0 Å². The monoisotopic (exact) mass is 227 g/mol. The van der Waals surface area contributed by atoms with Gasteiger partial charge in [0.05, 0.1) is 0 Å². The fourth-order valence-electron chi connectivity index (χ4n) is 2.72. The van der Waals surface area contributed by atoms with Gasteiger partial charge in [-0.05, 0) is 45.1 Å². The molecular weight excluding hydrogens is 202 g/mol. The average molecular weight is 227 g/mol. The minimum atomic E-state index is 0.350. The van der Waals surface area contributed by atoms with Crippen molar-refractivity contribution in [2.45, 2.75) is 51.4 Å². The molecule has 0 N–H and O–H groups in total. The molecule has 15 heavy (non-hydrogen) atoms. The summed E-state index contributed by atoms with van der Waals surface area (Å²) < 4.78 is 0. The lowest BCUT2D eigenvalue weighted by Gasteiger charge is -2.40. The summed E-state index contributed by atoms with van der Waals surface area (Å²) in [7, 11) is 2.21. The Morgan fingerprint density at radius 1 is 1.27 bits per heavy atom. The first-order chi connectivity index (χ1) is 7.04. The summed E-state index contributed by atoms with van der Waals surface area (Å²) in [5.74, 6) is 1.52. The van der Waals surface area contributed by atoms with Crippen LogP contribution in [0, 0.1) is 11.8 Å². The molecule has 0 radical (unpaired) electrons. The second kappa shape index (κ2) is 5.95. The average Bonchev–Trinajstić information content (AvgIpc) is 2.18. The van der Waals surface area contributed by atoms with Gasteiger partial charge in [0.2, 0.25) is 0 Å². The molecule has 2 heteroatoms. The van der Waals surface area contributed by atoms with E-state index in [1.54, 1.807) is 0 Å². The highest BCUT2D eigenvalue weighted by molar-refractivity contribution is 7.80. The van der Waals surface area contributed by atoms with Crippen LogP contribution in [0.25, 0.3) is 0 Å². The first-order valence-electron chi connectivity index (χ1n) is 6.09. The Balaban J connectivity index is 2.68. The highest BCUT2D eigenvalue weighted by Crippen LogP contribution is 2.30. The third kappa shape index (κ3) is 3.53. The molecule has 3 unspecified atom stereocenters. The van der Waals surface area contributed by atoms with E-state index in [0.29, 0.717) is 17.3 Å². The molecule has 0 amide bonds. The first-order valence-corrected chi connectivity index (χ1v) is 6.60. The predicted molar refractivity (Wildman–Crippen MR) is 71.3 cm³/mol. The zero-order chi connectivity index (χ0) is 11.4. The van der Waals surface area contributed by atoms with Gasteiger partial charge in [-0.2, -0.15) is 12.6 Å². The Bertz CT molecular complexity index is 211. The van der Waals surface area contributed by atoms with Gasteiger partial charge in [0.25, 0.3) is 0 Å². The molecule has 88 valence electrons. The summed E-state index contributed by atoms with van der Waals surface area (Å²) in [5.41, 5.74) is 0. The molecule has 1 aliphatic rings. The molecule has 1 rings (SSSR count). The Morgan fingerprint density at radius 2 is 1.93 bits per heavy atom. The second-order valence-corrected chi connectivity index (χ2v) is 5.82. The fourth-order valence-corrected chi connectivity index (χ4v) is 2.88. The van der Waals surface area contributed by atoms with E-state index in [9.17, 15) is 0 Å². The van der Waals surface area contributed by atoms with Crippen LogP contribution in [0.2, 0.25) is 0 Å². The van der Waals surface area contributed by atoms with E-state index in [-0.39, 0.29) is 0 Å². The first kappa shape index (κ1) is 13.1. The molecule has 0 bridgehead atoms. The summed E-state index contributed by atoms with van der Waals surface area (Å²) in [5, 5.41) is 0.350. The zero-order valence-corrected chi connectivity index (χ0v) is 11.4. The van der Waals surface area contributed by atoms with Crippen molar-refractivity contribution in [2.75, 3.05) is 7.05 Å². The maximum absolute atomic E-state index is 4.55. The molecule has 0 aromatic rings. The van der Waals surface area contributed by atoms with Crippen LogP contribution in [0.1, 0.15) is 40.0 Å². The van der Waals surface area contributed by atoms with E-state index in [2.05, 4.69) is 57.5 Å². The van der Waals surface area contributed by atoms with Crippen molar-refractivity contribution in [1.29, 1.82) is 0 Å². The van der Waals surface area contributed by atoms with Gasteiger partial charge in [0.1, 0.15) is 0 Å². The van der Waals surface area contributed by atoms with E-state index in [1.165, 1.54) is 19.3 Å². The number of allylic oxidation sites excluding steroid dienone is 2. The Morgan fingerprint density at radius 3 is 2.33 bits per heavy atom. The van der Waals surface area contributed by atoms with Crippen LogP contribution in [0.5, 0.6) is 0 Å². The van der Waals surface area contributed by atoms with E-state index >= 15 is 0 Å². The van der Waals surface area contributed by atoms with E-state index < -0.39 is 0 Å². The molecule has 0 saturated carbocycles. The van der Waals surface area contributed by atoms with Gasteiger partial charge in [-0.3, -0.25) is 4.90 Å². The highest BCUT2D eigenvalue weighted by atomic mass is 32.1. The number of nitrogens with zero attached hydrogens (tertiary/aromatic N) is 1. The zero-order valence-electron chi connectivity index (χ0n) is 10.5. The lowest BCUT2D eigenvalue weighted by molar-refractivity contribution is 0.118. The quantitative estimate of drug-likeness (QED) is 0.436. The van der Waals surface area contributed by atoms with Crippen LogP contribution in [-0.2, 0) is 0 Å². The highest BCUT2D eigenvalue weighted by Gasteiger charge is 2.29. The number of hydrogen-bond acceptors (Lipinski definition) is 2.